The maximum absolute atomic E-state index is 8.71. The van der Waals surface area contributed by atoms with Gasteiger partial charge in [0.05, 0.1) is 13.2 Å². The zero-order chi connectivity index (χ0) is 24.2. The molecule has 1 fully saturated rings. The van der Waals surface area contributed by atoms with Crippen LogP contribution in [-0.2, 0) is 0 Å². The predicted octanol–water partition coefficient (Wildman–Crippen LogP) is 3.64. The van der Waals surface area contributed by atoms with Crippen molar-refractivity contribution in [3.05, 3.63) is 59.7 Å². The number of benzene rings is 2. The first kappa shape index (κ1) is 28.1. The van der Waals surface area contributed by atoms with Crippen molar-refractivity contribution in [1.82, 2.24) is 4.90 Å². The van der Waals surface area contributed by atoms with E-state index >= 15 is 0 Å². The molecule has 35 heavy (non-hydrogen) atoms. The summed E-state index contributed by atoms with van der Waals surface area (Å²) in [7, 11) is 0. The number of hydrogen-bond donors (Lipinski definition) is 4. The molecule has 0 aromatic heterocycles. The van der Waals surface area contributed by atoms with E-state index in [9.17, 15) is 0 Å². The second-order valence-electron chi connectivity index (χ2n) is 8.50. The van der Waals surface area contributed by atoms with Crippen molar-refractivity contribution in [1.29, 1.82) is 0 Å². The van der Waals surface area contributed by atoms with Gasteiger partial charge in [0.15, 0.2) is 11.7 Å². The largest absolute Gasteiger partial charge is 0.494 e. The molecule has 192 valence electrons. The van der Waals surface area contributed by atoms with E-state index in [-0.39, 0.29) is 24.1 Å². The Morgan fingerprint density at radius 1 is 0.800 bits per heavy atom. The third-order valence-electron chi connectivity index (χ3n) is 6.14. The third kappa shape index (κ3) is 9.18. The highest BCUT2D eigenvalue weighted by molar-refractivity contribution is 5.97. The Kier molecular flexibility index (Phi) is 12.0. The minimum absolute atomic E-state index is 0. The molecule has 0 spiro atoms. The summed E-state index contributed by atoms with van der Waals surface area (Å²) in [5.74, 6) is 2.53. The predicted molar refractivity (Wildman–Crippen MR) is 139 cm³/mol. The summed E-state index contributed by atoms with van der Waals surface area (Å²) in [6, 6.07) is 14.5. The van der Waals surface area contributed by atoms with Gasteiger partial charge in [-0.3, -0.25) is 0 Å². The molecule has 3 rings (SSSR count). The van der Waals surface area contributed by atoms with Crippen molar-refractivity contribution >= 4 is 24.1 Å². The van der Waals surface area contributed by atoms with Crippen LogP contribution in [0.1, 0.15) is 43.2 Å². The first-order valence-corrected chi connectivity index (χ1v) is 11.7. The topological polar surface area (TPSA) is 139 Å². The number of nitrogens with zero attached hydrogens (tertiary/aromatic N) is 3. The monoisotopic (exact) mass is 505 g/mol. The van der Waals surface area contributed by atoms with E-state index in [0.29, 0.717) is 24.3 Å². The van der Waals surface area contributed by atoms with Gasteiger partial charge in [-0.25, -0.2) is 0 Å². The smallest absolute Gasteiger partial charge is 0.170 e. The van der Waals surface area contributed by atoms with E-state index < -0.39 is 0 Å². The van der Waals surface area contributed by atoms with Gasteiger partial charge in [-0.05, 0) is 99.6 Å². The molecule has 2 aromatic carbocycles. The lowest BCUT2D eigenvalue weighted by molar-refractivity contribution is 0.161. The SMILES string of the molecule is Cl.NC(=NO)c1ccc(OCCCC2CCN(CCCOc3ccc(C(N)=NO)cc3)CC2)cc1. The first-order valence-electron chi connectivity index (χ1n) is 11.7. The number of piperidine rings is 1. The number of oxime groups is 2. The molecule has 6 N–H and O–H groups in total. The molecule has 0 aliphatic carbocycles. The maximum Gasteiger partial charge on any atom is 0.170 e. The molecular formula is C25H36ClN5O4. The number of hydrogen-bond acceptors (Lipinski definition) is 7. The molecule has 0 radical (unpaired) electrons. The average Bonchev–Trinajstić information content (AvgIpc) is 2.89. The summed E-state index contributed by atoms with van der Waals surface area (Å²) >= 11 is 0. The molecular weight excluding hydrogens is 470 g/mol. The molecule has 0 saturated carbocycles. The van der Waals surface area contributed by atoms with E-state index in [0.717, 1.165) is 49.9 Å². The van der Waals surface area contributed by atoms with Gasteiger partial charge >= 0.3 is 0 Å². The van der Waals surface area contributed by atoms with Crippen molar-refractivity contribution in [3.63, 3.8) is 0 Å². The van der Waals surface area contributed by atoms with Gasteiger partial charge in [0, 0.05) is 17.7 Å². The summed E-state index contributed by atoms with van der Waals surface area (Å²) < 4.78 is 11.6. The summed E-state index contributed by atoms with van der Waals surface area (Å²) in [5.41, 5.74) is 12.5. The normalized spacial score (nSPS) is 15.4. The van der Waals surface area contributed by atoms with Gasteiger partial charge in [-0.1, -0.05) is 10.3 Å². The number of likely N-dealkylation sites (tertiary alicyclic amines) is 1. The molecule has 0 atom stereocenters. The third-order valence-corrected chi connectivity index (χ3v) is 6.14. The number of rotatable bonds is 12. The van der Waals surface area contributed by atoms with Gasteiger partial charge in [-0.15, -0.1) is 12.4 Å². The highest BCUT2D eigenvalue weighted by Gasteiger charge is 2.18. The maximum atomic E-state index is 8.71. The Hall–Kier alpha value is -3.17. The Labute approximate surface area is 212 Å². The van der Waals surface area contributed by atoms with Crippen molar-refractivity contribution in [2.75, 3.05) is 32.8 Å². The summed E-state index contributed by atoms with van der Waals surface area (Å²) in [5, 5.41) is 23.4. The molecule has 0 amide bonds. The van der Waals surface area contributed by atoms with Crippen LogP contribution in [0.15, 0.2) is 58.8 Å². The lowest BCUT2D eigenvalue weighted by Gasteiger charge is -2.32. The van der Waals surface area contributed by atoms with Gasteiger partial charge in [0.1, 0.15) is 11.5 Å². The van der Waals surface area contributed by atoms with Crippen LogP contribution in [0.25, 0.3) is 0 Å². The Morgan fingerprint density at radius 2 is 1.26 bits per heavy atom. The molecule has 1 aliphatic heterocycles. The number of halogens is 1. The first-order chi connectivity index (χ1) is 16.6. The Balaban J connectivity index is 0.00000432. The standard InChI is InChI=1S/C25H35N5O4.ClH/c26-24(28-31)20-4-8-22(9-5-20)33-17-1-3-19-12-15-30(16-13-19)14-2-18-34-23-10-6-21(7-11-23)25(27)29-32;/h4-11,19,31-32H,1-3,12-18H2,(H2,26,28)(H2,27,29);1H. The molecule has 1 aliphatic rings. The Morgan fingerprint density at radius 3 is 1.71 bits per heavy atom. The zero-order valence-electron chi connectivity index (χ0n) is 19.9. The fourth-order valence-corrected chi connectivity index (χ4v) is 4.10. The van der Waals surface area contributed by atoms with Crippen LogP contribution in [0.2, 0.25) is 0 Å². The van der Waals surface area contributed by atoms with Crippen LogP contribution in [0.3, 0.4) is 0 Å². The van der Waals surface area contributed by atoms with Crippen LogP contribution in [-0.4, -0.2) is 59.8 Å². The van der Waals surface area contributed by atoms with E-state index in [1.807, 2.05) is 24.3 Å². The zero-order valence-corrected chi connectivity index (χ0v) is 20.7. The molecule has 9 nitrogen and oxygen atoms in total. The van der Waals surface area contributed by atoms with Crippen LogP contribution in [0.4, 0.5) is 0 Å². The average molecular weight is 506 g/mol. The molecule has 0 unspecified atom stereocenters. The van der Waals surface area contributed by atoms with E-state index in [2.05, 4.69) is 15.2 Å². The molecule has 1 heterocycles. The minimum Gasteiger partial charge on any atom is -0.494 e. The highest BCUT2D eigenvalue weighted by atomic mass is 35.5. The Bertz CT molecular complexity index is 852. The lowest BCUT2D eigenvalue weighted by atomic mass is 9.92. The second-order valence-corrected chi connectivity index (χ2v) is 8.50. The van der Waals surface area contributed by atoms with Gasteiger partial charge in [-0.2, -0.15) is 0 Å². The summed E-state index contributed by atoms with van der Waals surface area (Å²) in [4.78, 5) is 2.51. The molecule has 0 bridgehead atoms. The van der Waals surface area contributed by atoms with Crippen molar-refractivity contribution in [2.24, 2.45) is 27.7 Å². The number of amidine groups is 2. The van der Waals surface area contributed by atoms with Crippen molar-refractivity contribution in [3.8, 4) is 11.5 Å². The quantitative estimate of drug-likeness (QED) is 0.113. The van der Waals surface area contributed by atoms with E-state index in [4.69, 9.17) is 31.4 Å². The summed E-state index contributed by atoms with van der Waals surface area (Å²) in [6.45, 7) is 4.67. The lowest BCUT2D eigenvalue weighted by Crippen LogP contribution is -2.35. The van der Waals surface area contributed by atoms with Crippen molar-refractivity contribution in [2.45, 2.75) is 32.1 Å². The van der Waals surface area contributed by atoms with Crippen LogP contribution < -0.4 is 20.9 Å². The van der Waals surface area contributed by atoms with Gasteiger partial charge < -0.3 is 36.3 Å². The second kappa shape index (κ2) is 15.0. The van der Waals surface area contributed by atoms with Gasteiger partial charge in [0.25, 0.3) is 0 Å². The fourth-order valence-electron chi connectivity index (χ4n) is 4.10. The fraction of sp³-hybridized carbons (Fsp3) is 0.440. The molecule has 10 heteroatoms. The van der Waals surface area contributed by atoms with Crippen LogP contribution in [0, 0.1) is 5.92 Å². The minimum atomic E-state index is 0. The summed E-state index contributed by atoms with van der Waals surface area (Å²) in [6.07, 6.45) is 5.65. The highest BCUT2D eigenvalue weighted by Crippen LogP contribution is 2.22. The number of ether oxygens (including phenoxy) is 2. The van der Waals surface area contributed by atoms with Crippen molar-refractivity contribution < 1.29 is 19.9 Å². The van der Waals surface area contributed by atoms with Crippen LogP contribution >= 0.6 is 12.4 Å². The van der Waals surface area contributed by atoms with E-state index in [1.54, 1.807) is 24.3 Å². The molecule has 2 aromatic rings. The van der Waals surface area contributed by atoms with E-state index in [1.165, 1.54) is 19.3 Å². The van der Waals surface area contributed by atoms with Gasteiger partial charge in [0.2, 0.25) is 0 Å². The molecule has 1 saturated heterocycles. The number of nitrogens with two attached hydrogens (primary N) is 2. The van der Waals surface area contributed by atoms with Crippen LogP contribution in [0.5, 0.6) is 11.5 Å².